The molecule has 0 saturated carbocycles. The number of carbonyl (C=O) groups excluding carboxylic acids is 2. The standard InChI is InChI=1S/C24H18BrN5O3S/c25-19-11-6-7-16(13-19)15-33-20-12-5-4-10-18(20)14-26-28-22(32)21(31)27-24-30-29-23(34-24)17-8-2-1-3-9-17/h1-14H,15H2,(H,28,32)(H,27,30,31)/b26-14-. The highest BCUT2D eigenvalue weighted by Crippen LogP contribution is 2.25. The van der Waals surface area contributed by atoms with Crippen molar-refractivity contribution in [3.63, 3.8) is 0 Å². The first-order valence-electron chi connectivity index (χ1n) is 10.1. The van der Waals surface area contributed by atoms with Gasteiger partial charge < -0.3 is 4.74 Å². The summed E-state index contributed by atoms with van der Waals surface area (Å²) in [5.41, 5.74) is 4.73. The van der Waals surface area contributed by atoms with Gasteiger partial charge in [0.1, 0.15) is 17.4 Å². The lowest BCUT2D eigenvalue weighted by Gasteiger charge is -2.09. The van der Waals surface area contributed by atoms with Crippen LogP contribution in [0.2, 0.25) is 0 Å². The molecule has 8 nitrogen and oxygen atoms in total. The maximum absolute atomic E-state index is 12.2. The molecule has 4 aromatic rings. The Balaban J connectivity index is 1.32. The van der Waals surface area contributed by atoms with Gasteiger partial charge in [0.05, 0.1) is 6.21 Å². The van der Waals surface area contributed by atoms with E-state index in [9.17, 15) is 9.59 Å². The third-order valence-corrected chi connectivity index (χ3v) is 5.83. The molecule has 0 aliphatic heterocycles. The van der Waals surface area contributed by atoms with E-state index in [0.29, 0.717) is 22.9 Å². The van der Waals surface area contributed by atoms with E-state index in [1.54, 1.807) is 12.1 Å². The second kappa shape index (κ2) is 11.3. The van der Waals surface area contributed by atoms with Crippen LogP contribution in [0.5, 0.6) is 5.75 Å². The summed E-state index contributed by atoms with van der Waals surface area (Å²) < 4.78 is 6.85. The van der Waals surface area contributed by atoms with E-state index in [2.05, 4.69) is 42.0 Å². The minimum Gasteiger partial charge on any atom is -0.488 e. The molecule has 0 unspecified atom stereocenters. The highest BCUT2D eigenvalue weighted by Gasteiger charge is 2.16. The van der Waals surface area contributed by atoms with E-state index in [4.69, 9.17) is 4.74 Å². The van der Waals surface area contributed by atoms with Gasteiger partial charge in [-0.2, -0.15) is 5.10 Å². The molecular weight excluding hydrogens is 518 g/mol. The Labute approximate surface area is 207 Å². The molecule has 3 aromatic carbocycles. The summed E-state index contributed by atoms with van der Waals surface area (Å²) in [6, 6.07) is 24.5. The van der Waals surface area contributed by atoms with Crippen molar-refractivity contribution in [3.8, 4) is 16.3 Å². The van der Waals surface area contributed by atoms with Crippen LogP contribution >= 0.6 is 27.3 Å². The molecule has 34 heavy (non-hydrogen) atoms. The normalized spacial score (nSPS) is 10.7. The Morgan fingerprint density at radius 2 is 1.76 bits per heavy atom. The average Bonchev–Trinajstić information content (AvgIpc) is 3.32. The summed E-state index contributed by atoms with van der Waals surface area (Å²) in [7, 11) is 0. The number of carbonyl (C=O) groups is 2. The molecular formula is C24H18BrN5O3S. The van der Waals surface area contributed by atoms with E-state index in [1.807, 2.05) is 66.7 Å². The molecule has 170 valence electrons. The fourth-order valence-electron chi connectivity index (χ4n) is 2.84. The van der Waals surface area contributed by atoms with Crippen molar-refractivity contribution in [2.45, 2.75) is 6.61 Å². The van der Waals surface area contributed by atoms with Crippen LogP contribution < -0.4 is 15.5 Å². The largest absolute Gasteiger partial charge is 0.488 e. The first-order chi connectivity index (χ1) is 16.6. The van der Waals surface area contributed by atoms with Crippen LogP contribution in [0, 0.1) is 0 Å². The average molecular weight is 536 g/mol. The summed E-state index contributed by atoms with van der Waals surface area (Å²) in [6.45, 7) is 0.367. The number of anilines is 1. The number of ether oxygens (including phenoxy) is 1. The molecule has 0 aliphatic carbocycles. The van der Waals surface area contributed by atoms with Gasteiger partial charge in [-0.15, -0.1) is 10.2 Å². The van der Waals surface area contributed by atoms with Crippen LogP contribution in [0.25, 0.3) is 10.6 Å². The van der Waals surface area contributed by atoms with Crippen molar-refractivity contribution in [2.75, 3.05) is 5.32 Å². The number of halogens is 1. The molecule has 0 aliphatic rings. The Morgan fingerprint density at radius 1 is 0.971 bits per heavy atom. The van der Waals surface area contributed by atoms with Gasteiger partial charge in [0, 0.05) is 15.6 Å². The van der Waals surface area contributed by atoms with Gasteiger partial charge in [0.15, 0.2) is 0 Å². The number of nitrogens with one attached hydrogen (secondary N) is 2. The van der Waals surface area contributed by atoms with Crippen molar-refractivity contribution in [1.82, 2.24) is 15.6 Å². The first-order valence-corrected chi connectivity index (χ1v) is 11.7. The minimum absolute atomic E-state index is 0.217. The number of aromatic nitrogens is 2. The lowest BCUT2D eigenvalue weighted by Crippen LogP contribution is -2.32. The van der Waals surface area contributed by atoms with Gasteiger partial charge in [-0.25, -0.2) is 5.43 Å². The molecule has 10 heteroatoms. The van der Waals surface area contributed by atoms with Crippen molar-refractivity contribution in [2.24, 2.45) is 5.10 Å². The van der Waals surface area contributed by atoms with E-state index in [0.717, 1.165) is 15.6 Å². The van der Waals surface area contributed by atoms with Crippen LogP contribution in [0.15, 0.2) is 88.4 Å². The number of amides is 2. The quantitative estimate of drug-likeness (QED) is 0.204. The topological polar surface area (TPSA) is 106 Å². The van der Waals surface area contributed by atoms with Crippen molar-refractivity contribution in [3.05, 3.63) is 94.5 Å². The molecule has 1 aromatic heterocycles. The predicted molar refractivity (Wildman–Crippen MR) is 135 cm³/mol. The second-order valence-electron chi connectivity index (χ2n) is 6.89. The molecule has 0 saturated heterocycles. The summed E-state index contributed by atoms with van der Waals surface area (Å²) in [5, 5.41) is 15.1. The molecule has 0 atom stereocenters. The lowest BCUT2D eigenvalue weighted by molar-refractivity contribution is -0.136. The fraction of sp³-hybridized carbons (Fsp3) is 0.0417. The van der Waals surface area contributed by atoms with Gasteiger partial charge in [0.25, 0.3) is 0 Å². The number of para-hydroxylation sites is 1. The smallest absolute Gasteiger partial charge is 0.329 e. The number of benzene rings is 3. The minimum atomic E-state index is -0.930. The maximum Gasteiger partial charge on any atom is 0.329 e. The molecule has 0 radical (unpaired) electrons. The Bertz CT molecular complexity index is 1330. The summed E-state index contributed by atoms with van der Waals surface area (Å²) in [5.74, 6) is -1.24. The van der Waals surface area contributed by atoms with Gasteiger partial charge in [-0.3, -0.25) is 14.9 Å². The van der Waals surface area contributed by atoms with Gasteiger partial charge in [-0.1, -0.05) is 81.9 Å². The Morgan fingerprint density at radius 3 is 2.59 bits per heavy atom. The van der Waals surface area contributed by atoms with E-state index in [-0.39, 0.29) is 5.13 Å². The van der Waals surface area contributed by atoms with Crippen LogP contribution in [0.3, 0.4) is 0 Å². The van der Waals surface area contributed by atoms with Crippen LogP contribution in [-0.2, 0) is 16.2 Å². The van der Waals surface area contributed by atoms with Crippen LogP contribution in [0.1, 0.15) is 11.1 Å². The number of rotatable bonds is 7. The maximum atomic E-state index is 12.2. The van der Waals surface area contributed by atoms with Crippen LogP contribution in [-0.4, -0.2) is 28.2 Å². The van der Waals surface area contributed by atoms with E-state index < -0.39 is 11.8 Å². The zero-order chi connectivity index (χ0) is 23.8. The molecule has 4 rings (SSSR count). The molecule has 0 fully saturated rings. The summed E-state index contributed by atoms with van der Waals surface area (Å²) in [4.78, 5) is 24.3. The monoisotopic (exact) mass is 535 g/mol. The number of nitrogens with zero attached hydrogens (tertiary/aromatic N) is 3. The third-order valence-electron chi connectivity index (χ3n) is 4.44. The van der Waals surface area contributed by atoms with Crippen LogP contribution in [0.4, 0.5) is 5.13 Å². The molecule has 1 heterocycles. The zero-order valence-electron chi connectivity index (χ0n) is 17.6. The highest BCUT2D eigenvalue weighted by atomic mass is 79.9. The Hall–Kier alpha value is -3.89. The summed E-state index contributed by atoms with van der Waals surface area (Å²) >= 11 is 4.61. The van der Waals surface area contributed by atoms with Crippen molar-refractivity contribution < 1.29 is 14.3 Å². The van der Waals surface area contributed by atoms with Gasteiger partial charge in [-0.05, 0) is 29.8 Å². The first kappa shape index (κ1) is 23.3. The van der Waals surface area contributed by atoms with Gasteiger partial charge >= 0.3 is 11.8 Å². The van der Waals surface area contributed by atoms with Gasteiger partial charge in [0.2, 0.25) is 5.13 Å². The summed E-state index contributed by atoms with van der Waals surface area (Å²) in [6.07, 6.45) is 1.42. The highest BCUT2D eigenvalue weighted by molar-refractivity contribution is 9.10. The molecule has 2 amide bonds. The molecule has 0 bridgehead atoms. The number of hydrogen-bond donors (Lipinski definition) is 2. The molecule has 0 spiro atoms. The third kappa shape index (κ3) is 6.33. The SMILES string of the molecule is O=C(N/N=C\c1ccccc1OCc1cccc(Br)c1)C(=O)Nc1nnc(-c2ccccc2)s1. The predicted octanol–water partition coefficient (Wildman–Crippen LogP) is 4.64. The zero-order valence-corrected chi connectivity index (χ0v) is 20.0. The number of hydrogen-bond acceptors (Lipinski definition) is 7. The Kier molecular flexibility index (Phi) is 7.74. The number of hydrazone groups is 1. The van der Waals surface area contributed by atoms with E-state index in [1.165, 1.54) is 17.6 Å². The van der Waals surface area contributed by atoms with E-state index >= 15 is 0 Å². The second-order valence-corrected chi connectivity index (χ2v) is 8.78. The molecule has 2 N–H and O–H groups in total. The van der Waals surface area contributed by atoms with Crippen molar-refractivity contribution >= 4 is 50.4 Å². The van der Waals surface area contributed by atoms with Crippen molar-refractivity contribution in [1.29, 1.82) is 0 Å². The fourth-order valence-corrected chi connectivity index (χ4v) is 4.03. The lowest BCUT2D eigenvalue weighted by atomic mass is 10.2.